The molecule has 0 aliphatic carbocycles. The lowest BCUT2D eigenvalue weighted by molar-refractivity contribution is -0.137. The van der Waals surface area contributed by atoms with E-state index in [-0.39, 0.29) is 18.5 Å². The van der Waals surface area contributed by atoms with E-state index < -0.39 is 5.97 Å². The van der Waals surface area contributed by atoms with Crippen molar-refractivity contribution >= 4 is 17.3 Å². The summed E-state index contributed by atoms with van der Waals surface area (Å²) < 4.78 is 0. The Kier molecular flexibility index (Phi) is 4.93. The number of carboxylic acids is 1. The SMILES string of the molecule is Cc1ccccc1C(C)NC(CC(=O)O)c1cccs1. The van der Waals surface area contributed by atoms with Gasteiger partial charge >= 0.3 is 5.97 Å². The molecule has 2 rings (SSSR count). The third-order valence-corrected chi connectivity index (χ3v) is 4.36. The highest BCUT2D eigenvalue weighted by Crippen LogP contribution is 2.26. The van der Waals surface area contributed by atoms with Gasteiger partial charge in [-0.3, -0.25) is 4.79 Å². The quantitative estimate of drug-likeness (QED) is 0.847. The van der Waals surface area contributed by atoms with Crippen LogP contribution in [0, 0.1) is 6.92 Å². The zero-order chi connectivity index (χ0) is 14.5. The fraction of sp³-hybridized carbons (Fsp3) is 0.312. The summed E-state index contributed by atoms with van der Waals surface area (Å²) in [6, 6.07) is 12.1. The van der Waals surface area contributed by atoms with Crippen molar-refractivity contribution in [3.63, 3.8) is 0 Å². The predicted molar refractivity (Wildman–Crippen MR) is 82.0 cm³/mol. The van der Waals surface area contributed by atoms with Crippen LogP contribution in [0.15, 0.2) is 41.8 Å². The molecule has 0 fully saturated rings. The van der Waals surface area contributed by atoms with Crippen LogP contribution in [0.2, 0.25) is 0 Å². The van der Waals surface area contributed by atoms with Crippen molar-refractivity contribution in [2.75, 3.05) is 0 Å². The molecule has 20 heavy (non-hydrogen) atoms. The highest BCUT2D eigenvalue weighted by Gasteiger charge is 2.19. The Hall–Kier alpha value is -1.65. The molecule has 0 radical (unpaired) electrons. The van der Waals surface area contributed by atoms with Crippen LogP contribution in [0.3, 0.4) is 0 Å². The van der Waals surface area contributed by atoms with Crippen molar-refractivity contribution < 1.29 is 9.90 Å². The Balaban J connectivity index is 2.15. The van der Waals surface area contributed by atoms with Crippen molar-refractivity contribution in [1.82, 2.24) is 5.32 Å². The van der Waals surface area contributed by atoms with Gasteiger partial charge in [0.2, 0.25) is 0 Å². The molecule has 0 spiro atoms. The maximum atomic E-state index is 11.1. The zero-order valence-corrected chi connectivity index (χ0v) is 12.5. The molecule has 2 unspecified atom stereocenters. The van der Waals surface area contributed by atoms with Crippen molar-refractivity contribution in [3.05, 3.63) is 57.8 Å². The number of aryl methyl sites for hydroxylation is 1. The van der Waals surface area contributed by atoms with E-state index in [1.54, 1.807) is 11.3 Å². The van der Waals surface area contributed by atoms with E-state index in [1.807, 2.05) is 29.6 Å². The van der Waals surface area contributed by atoms with Crippen LogP contribution in [0.25, 0.3) is 0 Å². The summed E-state index contributed by atoms with van der Waals surface area (Å²) in [4.78, 5) is 12.1. The molecule has 0 aliphatic rings. The minimum atomic E-state index is -0.784. The minimum absolute atomic E-state index is 0.0940. The second kappa shape index (κ2) is 6.68. The number of thiophene rings is 1. The van der Waals surface area contributed by atoms with Crippen molar-refractivity contribution in [3.8, 4) is 0 Å². The molecule has 0 bridgehead atoms. The number of hydrogen-bond acceptors (Lipinski definition) is 3. The Morgan fingerprint density at radius 3 is 2.65 bits per heavy atom. The maximum Gasteiger partial charge on any atom is 0.305 e. The summed E-state index contributed by atoms with van der Waals surface area (Å²) in [5.74, 6) is -0.784. The molecular weight excluding hydrogens is 270 g/mol. The van der Waals surface area contributed by atoms with E-state index in [1.165, 1.54) is 11.1 Å². The third-order valence-electron chi connectivity index (χ3n) is 3.37. The van der Waals surface area contributed by atoms with Gasteiger partial charge in [-0.15, -0.1) is 11.3 Å². The van der Waals surface area contributed by atoms with E-state index in [0.717, 1.165) is 4.88 Å². The lowest BCUT2D eigenvalue weighted by Crippen LogP contribution is -2.26. The average Bonchev–Trinajstić information content (AvgIpc) is 2.91. The van der Waals surface area contributed by atoms with E-state index in [0.29, 0.717) is 0 Å². The lowest BCUT2D eigenvalue weighted by atomic mass is 10.0. The molecule has 2 aromatic rings. The molecule has 2 atom stereocenters. The van der Waals surface area contributed by atoms with E-state index in [4.69, 9.17) is 5.11 Å². The van der Waals surface area contributed by atoms with E-state index >= 15 is 0 Å². The van der Waals surface area contributed by atoms with Gasteiger partial charge in [-0.1, -0.05) is 30.3 Å². The van der Waals surface area contributed by atoms with Gasteiger partial charge in [0.15, 0.2) is 0 Å². The third kappa shape index (κ3) is 3.68. The second-order valence-corrected chi connectivity index (χ2v) is 5.89. The van der Waals surface area contributed by atoms with Gasteiger partial charge in [0, 0.05) is 10.9 Å². The number of carbonyl (C=O) groups is 1. The fourth-order valence-electron chi connectivity index (χ4n) is 2.37. The first-order valence-corrected chi connectivity index (χ1v) is 7.52. The van der Waals surface area contributed by atoms with Gasteiger partial charge in [-0.2, -0.15) is 0 Å². The molecule has 3 nitrogen and oxygen atoms in total. The minimum Gasteiger partial charge on any atom is -0.481 e. The molecule has 1 heterocycles. The average molecular weight is 289 g/mol. The summed E-state index contributed by atoms with van der Waals surface area (Å²) in [5, 5.41) is 14.5. The summed E-state index contributed by atoms with van der Waals surface area (Å²) in [7, 11) is 0. The van der Waals surface area contributed by atoms with Gasteiger partial charge in [-0.05, 0) is 36.4 Å². The number of rotatable bonds is 6. The Bertz CT molecular complexity index is 566. The molecular formula is C16H19NO2S. The van der Waals surface area contributed by atoms with Crippen LogP contribution >= 0.6 is 11.3 Å². The summed E-state index contributed by atoms with van der Waals surface area (Å²) in [6.45, 7) is 4.15. The molecule has 106 valence electrons. The maximum absolute atomic E-state index is 11.1. The number of carboxylic acid groups (broad SMARTS) is 1. The van der Waals surface area contributed by atoms with Crippen LogP contribution in [-0.2, 0) is 4.79 Å². The largest absolute Gasteiger partial charge is 0.481 e. The number of nitrogens with one attached hydrogen (secondary N) is 1. The van der Waals surface area contributed by atoms with Crippen molar-refractivity contribution in [1.29, 1.82) is 0 Å². The molecule has 0 amide bonds. The van der Waals surface area contributed by atoms with Gasteiger partial charge in [0.05, 0.1) is 12.5 Å². The number of aliphatic carboxylic acids is 1. The Morgan fingerprint density at radius 1 is 1.30 bits per heavy atom. The first-order chi connectivity index (χ1) is 9.58. The van der Waals surface area contributed by atoms with Crippen molar-refractivity contribution in [2.24, 2.45) is 0 Å². The molecule has 4 heteroatoms. The Morgan fingerprint density at radius 2 is 2.05 bits per heavy atom. The van der Waals surface area contributed by atoms with Crippen LogP contribution in [0.5, 0.6) is 0 Å². The van der Waals surface area contributed by atoms with Crippen LogP contribution in [0.1, 0.15) is 41.4 Å². The first kappa shape index (κ1) is 14.8. The smallest absolute Gasteiger partial charge is 0.305 e. The Labute approximate surface area is 123 Å². The molecule has 0 saturated carbocycles. The molecule has 0 aliphatic heterocycles. The fourth-order valence-corrected chi connectivity index (χ4v) is 3.16. The van der Waals surface area contributed by atoms with Crippen molar-refractivity contribution in [2.45, 2.75) is 32.4 Å². The molecule has 1 aromatic heterocycles. The second-order valence-electron chi connectivity index (χ2n) is 4.91. The van der Waals surface area contributed by atoms with Crippen LogP contribution in [0.4, 0.5) is 0 Å². The first-order valence-electron chi connectivity index (χ1n) is 6.64. The van der Waals surface area contributed by atoms with Gasteiger partial charge in [0.25, 0.3) is 0 Å². The van der Waals surface area contributed by atoms with E-state index in [9.17, 15) is 4.79 Å². The van der Waals surface area contributed by atoms with E-state index in [2.05, 4.69) is 31.3 Å². The monoisotopic (exact) mass is 289 g/mol. The topological polar surface area (TPSA) is 49.3 Å². The normalized spacial score (nSPS) is 13.9. The molecule has 2 N–H and O–H groups in total. The number of hydrogen-bond donors (Lipinski definition) is 2. The molecule has 0 saturated heterocycles. The molecule has 1 aromatic carbocycles. The van der Waals surface area contributed by atoms with Gasteiger partial charge in [0.1, 0.15) is 0 Å². The summed E-state index contributed by atoms with van der Waals surface area (Å²) in [5.41, 5.74) is 2.42. The summed E-state index contributed by atoms with van der Waals surface area (Å²) in [6.07, 6.45) is 0.0940. The van der Waals surface area contributed by atoms with Crippen LogP contribution < -0.4 is 5.32 Å². The number of benzene rings is 1. The van der Waals surface area contributed by atoms with Gasteiger partial charge < -0.3 is 10.4 Å². The van der Waals surface area contributed by atoms with Gasteiger partial charge in [-0.25, -0.2) is 0 Å². The zero-order valence-electron chi connectivity index (χ0n) is 11.7. The standard InChI is InChI=1S/C16H19NO2S/c1-11-6-3-4-7-13(11)12(2)17-14(10-16(18)19)15-8-5-9-20-15/h3-9,12,14,17H,10H2,1-2H3,(H,18,19). The highest BCUT2D eigenvalue weighted by atomic mass is 32.1. The van der Waals surface area contributed by atoms with Crippen LogP contribution in [-0.4, -0.2) is 11.1 Å². The highest BCUT2D eigenvalue weighted by molar-refractivity contribution is 7.10. The predicted octanol–water partition coefficient (Wildman–Crippen LogP) is 3.92. The lowest BCUT2D eigenvalue weighted by Gasteiger charge is -2.23. The summed E-state index contributed by atoms with van der Waals surface area (Å²) >= 11 is 1.59.